The molecule has 0 saturated heterocycles. The summed E-state index contributed by atoms with van der Waals surface area (Å²) in [6.07, 6.45) is 1.72. The Morgan fingerprint density at radius 1 is 1.33 bits per heavy atom. The molecule has 2 heteroatoms. The highest BCUT2D eigenvalue weighted by Crippen LogP contribution is 2.17. The minimum Gasteiger partial charge on any atom is -0.493 e. The van der Waals surface area contributed by atoms with Gasteiger partial charge in [0.25, 0.3) is 0 Å². The molecule has 0 amide bonds. The van der Waals surface area contributed by atoms with Crippen molar-refractivity contribution in [1.82, 2.24) is 0 Å². The topological polar surface area (TPSA) is 9.23 Å². The normalized spacial score (nSPS) is 10.7. The minimum atomic E-state index is -0.167. The molecule has 1 aromatic rings. The lowest BCUT2D eigenvalue weighted by molar-refractivity contribution is 0.288. The van der Waals surface area contributed by atoms with E-state index in [0.717, 1.165) is 18.4 Å². The van der Waals surface area contributed by atoms with Crippen molar-refractivity contribution in [3.63, 3.8) is 0 Å². The molecule has 0 unspecified atom stereocenters. The monoisotopic (exact) mass is 210 g/mol. The third kappa shape index (κ3) is 3.90. The molecule has 0 aliphatic rings. The highest BCUT2D eigenvalue weighted by Gasteiger charge is 2.02. The highest BCUT2D eigenvalue weighted by molar-refractivity contribution is 5.28. The average molecular weight is 210 g/mol. The minimum absolute atomic E-state index is 0.167. The highest BCUT2D eigenvalue weighted by atomic mass is 19.1. The summed E-state index contributed by atoms with van der Waals surface area (Å²) in [5.41, 5.74) is 0.742. The maximum atomic E-state index is 13.4. The Balaban J connectivity index is 2.52. The zero-order valence-corrected chi connectivity index (χ0v) is 9.72. The molecular formula is C13H19FO. The van der Waals surface area contributed by atoms with E-state index < -0.39 is 0 Å². The molecule has 0 bridgehead atoms. The van der Waals surface area contributed by atoms with Crippen molar-refractivity contribution in [3.05, 3.63) is 29.6 Å². The van der Waals surface area contributed by atoms with Gasteiger partial charge in [-0.25, -0.2) is 4.39 Å². The quantitative estimate of drug-likeness (QED) is 0.718. The van der Waals surface area contributed by atoms with Gasteiger partial charge in [-0.3, -0.25) is 0 Å². The van der Waals surface area contributed by atoms with Crippen LogP contribution in [0.1, 0.15) is 32.8 Å². The van der Waals surface area contributed by atoms with E-state index in [1.54, 1.807) is 6.07 Å². The van der Waals surface area contributed by atoms with E-state index in [4.69, 9.17) is 4.74 Å². The van der Waals surface area contributed by atoms with Crippen LogP contribution in [0.25, 0.3) is 0 Å². The average Bonchev–Trinajstić information content (AvgIpc) is 2.17. The first kappa shape index (κ1) is 12.0. The summed E-state index contributed by atoms with van der Waals surface area (Å²) in [4.78, 5) is 0. The number of hydrogen-bond donors (Lipinski definition) is 0. The van der Waals surface area contributed by atoms with Gasteiger partial charge in [-0.2, -0.15) is 0 Å². The zero-order chi connectivity index (χ0) is 11.3. The number of benzene rings is 1. The lowest BCUT2D eigenvalue weighted by Crippen LogP contribution is -2.02. The smallest absolute Gasteiger partial charge is 0.130 e. The van der Waals surface area contributed by atoms with Gasteiger partial charge < -0.3 is 4.74 Å². The number of rotatable bonds is 5. The van der Waals surface area contributed by atoms with Gasteiger partial charge in [-0.1, -0.05) is 26.8 Å². The predicted octanol–water partition coefficient (Wildman–Crippen LogP) is 3.81. The molecule has 0 fully saturated rings. The Hall–Kier alpha value is -1.05. The number of halogens is 1. The van der Waals surface area contributed by atoms with Gasteiger partial charge in [0.05, 0.1) is 6.61 Å². The molecule has 0 aliphatic heterocycles. The van der Waals surface area contributed by atoms with E-state index >= 15 is 0 Å². The molecule has 15 heavy (non-hydrogen) atoms. The van der Waals surface area contributed by atoms with Crippen molar-refractivity contribution in [2.45, 2.75) is 33.6 Å². The van der Waals surface area contributed by atoms with E-state index in [1.807, 2.05) is 13.0 Å². The van der Waals surface area contributed by atoms with Crippen LogP contribution in [0.5, 0.6) is 5.75 Å². The van der Waals surface area contributed by atoms with Crippen LogP contribution in [0.3, 0.4) is 0 Å². The molecule has 0 aliphatic carbocycles. The van der Waals surface area contributed by atoms with Gasteiger partial charge in [-0.05, 0) is 30.4 Å². The predicted molar refractivity (Wildman–Crippen MR) is 60.7 cm³/mol. The Morgan fingerprint density at radius 2 is 2.07 bits per heavy atom. The lowest BCUT2D eigenvalue weighted by atomic mass is 10.1. The Labute approximate surface area is 91.3 Å². The van der Waals surface area contributed by atoms with Crippen LogP contribution >= 0.6 is 0 Å². The van der Waals surface area contributed by atoms with Gasteiger partial charge in [0.1, 0.15) is 11.6 Å². The second-order valence-electron chi connectivity index (χ2n) is 4.14. The Kier molecular flexibility index (Phi) is 4.60. The van der Waals surface area contributed by atoms with Gasteiger partial charge in [-0.15, -0.1) is 0 Å². The first-order valence-corrected chi connectivity index (χ1v) is 5.54. The van der Waals surface area contributed by atoms with Crippen molar-refractivity contribution < 1.29 is 9.13 Å². The molecular weight excluding hydrogens is 191 g/mol. The molecule has 0 spiro atoms. The maximum Gasteiger partial charge on any atom is 0.130 e. The zero-order valence-electron chi connectivity index (χ0n) is 9.72. The van der Waals surface area contributed by atoms with E-state index in [2.05, 4.69) is 13.8 Å². The molecule has 0 aromatic heterocycles. The fourth-order valence-corrected chi connectivity index (χ4v) is 1.32. The molecule has 0 heterocycles. The molecule has 0 atom stereocenters. The Bertz CT molecular complexity index is 307. The third-order valence-corrected chi connectivity index (χ3v) is 2.37. The second kappa shape index (κ2) is 5.74. The standard InChI is InChI=1S/C13H19FO/c1-4-11-5-6-12(9-13(11)14)15-8-7-10(2)3/h5-6,9-10H,4,7-8H2,1-3H3. The van der Waals surface area contributed by atoms with E-state index in [0.29, 0.717) is 18.3 Å². The second-order valence-corrected chi connectivity index (χ2v) is 4.14. The van der Waals surface area contributed by atoms with Crippen molar-refractivity contribution in [1.29, 1.82) is 0 Å². The van der Waals surface area contributed by atoms with Crippen LogP contribution in [0.2, 0.25) is 0 Å². The first-order chi connectivity index (χ1) is 7.13. The van der Waals surface area contributed by atoms with Crippen molar-refractivity contribution in [2.75, 3.05) is 6.61 Å². The van der Waals surface area contributed by atoms with Crippen LogP contribution in [-0.4, -0.2) is 6.61 Å². The van der Waals surface area contributed by atoms with Gasteiger partial charge in [0.2, 0.25) is 0 Å². The number of ether oxygens (including phenoxy) is 1. The summed E-state index contributed by atoms with van der Waals surface area (Å²) in [5.74, 6) is 1.08. The van der Waals surface area contributed by atoms with E-state index in [1.165, 1.54) is 6.07 Å². The first-order valence-electron chi connectivity index (χ1n) is 5.54. The number of hydrogen-bond acceptors (Lipinski definition) is 1. The fourth-order valence-electron chi connectivity index (χ4n) is 1.32. The van der Waals surface area contributed by atoms with Crippen molar-refractivity contribution >= 4 is 0 Å². The summed E-state index contributed by atoms with van der Waals surface area (Å²) in [6, 6.07) is 5.10. The van der Waals surface area contributed by atoms with Crippen LogP contribution < -0.4 is 4.74 Å². The molecule has 0 N–H and O–H groups in total. The fraction of sp³-hybridized carbons (Fsp3) is 0.538. The molecule has 0 saturated carbocycles. The van der Waals surface area contributed by atoms with Gasteiger partial charge in [0.15, 0.2) is 0 Å². The third-order valence-electron chi connectivity index (χ3n) is 2.37. The molecule has 84 valence electrons. The van der Waals surface area contributed by atoms with Crippen LogP contribution in [0.4, 0.5) is 4.39 Å². The van der Waals surface area contributed by atoms with E-state index in [9.17, 15) is 4.39 Å². The van der Waals surface area contributed by atoms with Crippen LogP contribution in [0.15, 0.2) is 18.2 Å². The van der Waals surface area contributed by atoms with Crippen LogP contribution in [-0.2, 0) is 6.42 Å². The number of aryl methyl sites for hydroxylation is 1. The van der Waals surface area contributed by atoms with Crippen molar-refractivity contribution in [3.8, 4) is 5.75 Å². The van der Waals surface area contributed by atoms with E-state index in [-0.39, 0.29) is 5.82 Å². The Morgan fingerprint density at radius 3 is 2.60 bits per heavy atom. The molecule has 1 rings (SSSR count). The van der Waals surface area contributed by atoms with Crippen LogP contribution in [0, 0.1) is 11.7 Å². The van der Waals surface area contributed by atoms with Gasteiger partial charge in [0, 0.05) is 6.07 Å². The van der Waals surface area contributed by atoms with Crippen molar-refractivity contribution in [2.24, 2.45) is 5.92 Å². The van der Waals surface area contributed by atoms with Gasteiger partial charge >= 0.3 is 0 Å². The summed E-state index contributed by atoms with van der Waals surface area (Å²) in [6.45, 7) is 6.88. The summed E-state index contributed by atoms with van der Waals surface area (Å²) < 4.78 is 18.8. The summed E-state index contributed by atoms with van der Waals surface area (Å²) in [7, 11) is 0. The largest absolute Gasteiger partial charge is 0.493 e. The maximum absolute atomic E-state index is 13.4. The molecule has 0 radical (unpaired) electrons. The lowest BCUT2D eigenvalue weighted by Gasteiger charge is -2.09. The summed E-state index contributed by atoms with van der Waals surface area (Å²) in [5, 5.41) is 0. The molecule has 1 aromatic carbocycles. The SMILES string of the molecule is CCc1ccc(OCCC(C)C)cc1F. The molecule has 1 nitrogen and oxygen atoms in total. The summed E-state index contributed by atoms with van der Waals surface area (Å²) >= 11 is 0.